The Bertz CT molecular complexity index is 3540. The zero-order valence-corrected chi connectivity index (χ0v) is 34.0. The van der Waals surface area contributed by atoms with Crippen LogP contribution in [0.25, 0.3) is 85.9 Å². The molecule has 0 spiro atoms. The molecule has 0 amide bonds. The normalized spacial score (nSPS) is 15.4. The van der Waals surface area contributed by atoms with E-state index in [0.717, 1.165) is 12.1 Å². The van der Waals surface area contributed by atoms with E-state index in [1.807, 2.05) is 11.3 Å². The zero-order valence-electron chi connectivity index (χ0n) is 33.2. The summed E-state index contributed by atoms with van der Waals surface area (Å²) in [6.45, 7) is 2.41. The highest BCUT2D eigenvalue weighted by molar-refractivity contribution is 7.26. The fraction of sp³-hybridized carbons (Fsp3) is 0.0526. The van der Waals surface area contributed by atoms with Gasteiger partial charge in [0.15, 0.2) is 0 Å². The van der Waals surface area contributed by atoms with Gasteiger partial charge in [-0.2, -0.15) is 0 Å². The summed E-state index contributed by atoms with van der Waals surface area (Å²) in [5.74, 6) is 0. The van der Waals surface area contributed by atoms with Gasteiger partial charge < -0.3 is 9.47 Å². The Morgan fingerprint density at radius 3 is 1.98 bits per heavy atom. The van der Waals surface area contributed by atoms with Crippen molar-refractivity contribution < 1.29 is 0 Å². The van der Waals surface area contributed by atoms with Gasteiger partial charge in [0.2, 0.25) is 0 Å². The third-order valence-corrected chi connectivity index (χ3v) is 13.9. The number of anilines is 2. The van der Waals surface area contributed by atoms with E-state index in [1.165, 1.54) is 97.2 Å². The first kappa shape index (κ1) is 34.8. The summed E-state index contributed by atoms with van der Waals surface area (Å²) in [7, 11) is 0. The number of aromatic nitrogens is 1. The number of para-hydroxylation sites is 1. The minimum absolute atomic E-state index is 0.391. The number of allylic oxidation sites excluding steroid dienone is 2. The molecule has 1 unspecified atom stereocenters. The molecule has 1 aliphatic rings. The lowest BCUT2D eigenvalue weighted by atomic mass is 9.81. The van der Waals surface area contributed by atoms with Crippen LogP contribution in [0.15, 0.2) is 212 Å². The summed E-state index contributed by atoms with van der Waals surface area (Å²) in [4.78, 5) is 2.58. The largest absolute Gasteiger partial charge is 0.331 e. The van der Waals surface area contributed by atoms with E-state index in [-0.39, 0.29) is 0 Å². The Balaban J connectivity index is 1.01. The van der Waals surface area contributed by atoms with Gasteiger partial charge in [-0.15, -0.1) is 11.3 Å². The van der Waals surface area contributed by atoms with Gasteiger partial charge in [-0.3, -0.25) is 0 Å². The molecule has 0 aliphatic heterocycles. The summed E-state index contributed by atoms with van der Waals surface area (Å²) >= 11 is 1.89. The standard InChI is InChI=1S/C57H40N2S/c1-57(59(51-28-11-18-39-16-3-5-21-45(39)51)42-34-32-40(33-35-42)44-24-10-17-38-15-2-4-20-43(38)44)36-14-19-41(37-57)46-25-12-29-52-55(46)49-23-6-8-27-50(49)58(52)53-30-13-26-48-47-22-7-9-31-54(47)60-56(48)53/h2-36H,37H2,1H3. The van der Waals surface area contributed by atoms with Crippen LogP contribution in [-0.4, -0.2) is 10.1 Å². The molecule has 284 valence electrons. The summed E-state index contributed by atoms with van der Waals surface area (Å²) < 4.78 is 5.14. The lowest BCUT2D eigenvalue weighted by molar-refractivity contribution is 0.579. The molecule has 0 saturated heterocycles. The molecule has 0 N–H and O–H groups in total. The van der Waals surface area contributed by atoms with E-state index in [1.54, 1.807) is 0 Å². The maximum Gasteiger partial charge on any atom is 0.0649 e. The molecule has 11 aromatic rings. The first-order valence-electron chi connectivity index (χ1n) is 20.8. The summed E-state index contributed by atoms with van der Waals surface area (Å²) in [6.07, 6.45) is 7.86. The number of thiophene rings is 1. The molecule has 2 aromatic heterocycles. The molecule has 1 atom stereocenters. The fourth-order valence-corrected chi connectivity index (χ4v) is 11.3. The van der Waals surface area contributed by atoms with Gasteiger partial charge in [0, 0.05) is 43.0 Å². The minimum atomic E-state index is -0.391. The molecule has 3 heteroatoms. The maximum atomic E-state index is 2.58. The van der Waals surface area contributed by atoms with E-state index < -0.39 is 5.54 Å². The van der Waals surface area contributed by atoms with E-state index in [0.29, 0.717) is 0 Å². The van der Waals surface area contributed by atoms with E-state index >= 15 is 0 Å². The molecule has 9 aromatic carbocycles. The van der Waals surface area contributed by atoms with Crippen molar-refractivity contribution in [1.29, 1.82) is 0 Å². The van der Waals surface area contributed by atoms with Crippen molar-refractivity contribution in [3.63, 3.8) is 0 Å². The van der Waals surface area contributed by atoms with Crippen LogP contribution in [-0.2, 0) is 0 Å². The highest BCUT2D eigenvalue weighted by Gasteiger charge is 2.35. The summed E-state index contributed by atoms with van der Waals surface area (Å²) in [5.41, 5.74) is 10.7. The average Bonchev–Trinajstić information content (AvgIpc) is 3.85. The molecule has 60 heavy (non-hydrogen) atoms. The van der Waals surface area contributed by atoms with Gasteiger partial charge in [-0.05, 0) is 94.2 Å². The summed E-state index contributed by atoms with van der Waals surface area (Å²) in [5, 5.41) is 10.2. The number of fused-ring (bicyclic) bond motifs is 8. The second-order valence-corrected chi connectivity index (χ2v) is 17.3. The molecule has 0 fully saturated rings. The third-order valence-electron chi connectivity index (χ3n) is 12.7. The van der Waals surface area contributed by atoms with E-state index in [9.17, 15) is 0 Å². The quantitative estimate of drug-likeness (QED) is 0.163. The Labute approximate surface area is 353 Å². The molecule has 0 saturated carbocycles. The Morgan fingerprint density at radius 2 is 1.13 bits per heavy atom. The minimum Gasteiger partial charge on any atom is -0.331 e. The Morgan fingerprint density at radius 1 is 0.517 bits per heavy atom. The van der Waals surface area contributed by atoms with E-state index in [4.69, 9.17) is 0 Å². The van der Waals surface area contributed by atoms with Crippen LogP contribution in [0.2, 0.25) is 0 Å². The molecule has 1 aliphatic carbocycles. The van der Waals surface area contributed by atoms with Crippen LogP contribution in [0, 0.1) is 0 Å². The summed E-state index contributed by atoms with van der Waals surface area (Å²) in [6, 6.07) is 71.4. The molecule has 0 radical (unpaired) electrons. The predicted molar refractivity (Wildman–Crippen MR) is 259 cm³/mol. The lowest BCUT2D eigenvalue weighted by Crippen LogP contribution is -2.43. The van der Waals surface area contributed by atoms with Crippen molar-refractivity contribution in [3.05, 3.63) is 218 Å². The van der Waals surface area contributed by atoms with Gasteiger partial charge >= 0.3 is 0 Å². The SMILES string of the molecule is CC1(N(c2ccc(-c3cccc4ccccc34)cc2)c2cccc3ccccc23)C=CC=C(c2cccc3c2c2ccccc2n3-c2cccc3c2sc2ccccc23)C1. The van der Waals surface area contributed by atoms with Gasteiger partial charge in [-0.1, -0.05) is 170 Å². The predicted octanol–water partition coefficient (Wildman–Crippen LogP) is 16.1. The highest BCUT2D eigenvalue weighted by Crippen LogP contribution is 2.47. The maximum absolute atomic E-state index is 2.58. The van der Waals surface area contributed by atoms with Crippen LogP contribution in [0.4, 0.5) is 11.4 Å². The molecule has 12 rings (SSSR count). The second kappa shape index (κ2) is 13.7. The van der Waals surface area contributed by atoms with Crippen LogP contribution < -0.4 is 4.90 Å². The number of rotatable bonds is 6. The van der Waals surface area contributed by atoms with Crippen LogP contribution in [0.3, 0.4) is 0 Å². The smallest absolute Gasteiger partial charge is 0.0649 e. The van der Waals surface area contributed by atoms with Crippen LogP contribution >= 0.6 is 11.3 Å². The van der Waals surface area contributed by atoms with Crippen molar-refractivity contribution in [1.82, 2.24) is 4.57 Å². The Hall–Kier alpha value is -7.20. The first-order chi connectivity index (χ1) is 29.6. The van der Waals surface area contributed by atoms with Crippen molar-refractivity contribution in [2.24, 2.45) is 0 Å². The van der Waals surface area contributed by atoms with Crippen molar-refractivity contribution in [3.8, 4) is 16.8 Å². The van der Waals surface area contributed by atoms with Crippen molar-refractivity contribution >= 4 is 91.8 Å². The fourth-order valence-electron chi connectivity index (χ4n) is 10.0. The van der Waals surface area contributed by atoms with Gasteiger partial charge in [0.05, 0.1) is 27.0 Å². The first-order valence-corrected chi connectivity index (χ1v) is 21.6. The third kappa shape index (κ3) is 5.40. The van der Waals surface area contributed by atoms with Crippen molar-refractivity contribution in [2.45, 2.75) is 18.9 Å². The molecular formula is C57H40N2S. The Kier molecular flexibility index (Phi) is 7.94. The zero-order chi connectivity index (χ0) is 39.8. The van der Waals surface area contributed by atoms with Crippen LogP contribution in [0.5, 0.6) is 0 Å². The molecular weight excluding hydrogens is 745 g/mol. The molecule has 2 heterocycles. The second-order valence-electron chi connectivity index (χ2n) is 16.3. The van der Waals surface area contributed by atoms with E-state index in [2.05, 4.69) is 229 Å². The number of benzene rings is 9. The van der Waals surface area contributed by atoms with Crippen LogP contribution in [0.1, 0.15) is 18.9 Å². The molecule has 2 nitrogen and oxygen atoms in total. The lowest BCUT2D eigenvalue weighted by Gasteiger charge is -2.43. The topological polar surface area (TPSA) is 8.17 Å². The van der Waals surface area contributed by atoms with Crippen molar-refractivity contribution in [2.75, 3.05) is 4.90 Å². The average molecular weight is 785 g/mol. The number of hydrogen-bond acceptors (Lipinski definition) is 2. The number of hydrogen-bond donors (Lipinski definition) is 0. The van der Waals surface area contributed by atoms with Gasteiger partial charge in [-0.25, -0.2) is 0 Å². The molecule has 0 bridgehead atoms. The van der Waals surface area contributed by atoms with Gasteiger partial charge in [0.1, 0.15) is 0 Å². The number of nitrogens with zero attached hydrogens (tertiary/aromatic N) is 2. The monoisotopic (exact) mass is 784 g/mol. The van der Waals surface area contributed by atoms with Gasteiger partial charge in [0.25, 0.3) is 0 Å². The highest BCUT2D eigenvalue weighted by atomic mass is 32.1.